The van der Waals surface area contributed by atoms with E-state index < -0.39 is 116 Å². The third-order valence-corrected chi connectivity index (χ3v) is 5.96. The number of carbonyl (C=O) groups is 7. The smallest absolute Gasteiger partial charge is 0.303 e. The van der Waals surface area contributed by atoms with E-state index in [2.05, 4.69) is 0 Å². The number of hydrogen-bond donors (Lipinski definition) is 1. The van der Waals surface area contributed by atoms with Crippen LogP contribution in [0.15, 0.2) is 0 Å². The summed E-state index contributed by atoms with van der Waals surface area (Å²) in [4.78, 5) is 83.6. The molecule has 18 nitrogen and oxygen atoms in total. The molecule has 0 radical (unpaired) electrons. The minimum atomic E-state index is -1.76. The molecule has 0 aromatic heterocycles. The zero-order chi connectivity index (χ0) is 33.3. The first-order chi connectivity index (χ1) is 20.5. The molecule has 0 spiro atoms. The Morgan fingerprint density at radius 1 is 0.477 bits per heavy atom. The van der Waals surface area contributed by atoms with Crippen LogP contribution in [0, 0.1) is 0 Å². The lowest BCUT2D eigenvalue weighted by Crippen LogP contribution is -2.68. The van der Waals surface area contributed by atoms with Gasteiger partial charge < -0.3 is 53.1 Å². The van der Waals surface area contributed by atoms with Gasteiger partial charge in [0.25, 0.3) is 0 Å². The van der Waals surface area contributed by atoms with E-state index in [1.807, 2.05) is 0 Å². The van der Waals surface area contributed by atoms with E-state index in [-0.39, 0.29) is 0 Å². The summed E-state index contributed by atoms with van der Waals surface area (Å²) in [7, 11) is 0. The van der Waals surface area contributed by atoms with Gasteiger partial charge in [0, 0.05) is 48.5 Å². The fraction of sp³-hybridized carbons (Fsp3) is 0.731. The lowest BCUT2D eigenvalue weighted by atomic mass is 9.95. The molecule has 248 valence electrons. The zero-order valence-corrected chi connectivity index (χ0v) is 25.2. The first kappa shape index (κ1) is 36.3. The Morgan fingerprint density at radius 2 is 0.841 bits per heavy atom. The van der Waals surface area contributed by atoms with Crippen LogP contribution in [-0.2, 0) is 80.9 Å². The summed E-state index contributed by atoms with van der Waals surface area (Å²) in [6, 6.07) is 0. The third-order valence-electron chi connectivity index (χ3n) is 5.96. The summed E-state index contributed by atoms with van der Waals surface area (Å²) in [5.41, 5.74) is 6.07. The van der Waals surface area contributed by atoms with E-state index in [9.17, 15) is 33.6 Å². The Morgan fingerprint density at radius 3 is 1.27 bits per heavy atom. The van der Waals surface area contributed by atoms with Gasteiger partial charge in [0.05, 0.1) is 0 Å². The van der Waals surface area contributed by atoms with Gasteiger partial charge >= 0.3 is 41.8 Å². The Bertz CT molecular complexity index is 1090. The number of carbonyl (C=O) groups excluding carboxylic acids is 7. The fourth-order valence-corrected chi connectivity index (χ4v) is 4.55. The summed E-state index contributed by atoms with van der Waals surface area (Å²) >= 11 is 0. The van der Waals surface area contributed by atoms with Gasteiger partial charge in [-0.15, -0.1) is 0 Å². The van der Waals surface area contributed by atoms with Gasteiger partial charge in [0.1, 0.15) is 37.8 Å². The molecule has 2 saturated heterocycles. The maximum atomic E-state index is 12.2. The topological polar surface area (TPSA) is 238 Å². The molecule has 2 fully saturated rings. The third kappa shape index (κ3) is 10.7. The highest BCUT2D eigenvalue weighted by molar-refractivity contribution is 5.69. The van der Waals surface area contributed by atoms with E-state index in [0.717, 1.165) is 48.5 Å². The number of hydrogen-bond acceptors (Lipinski definition) is 18. The molecule has 0 amide bonds. The highest BCUT2D eigenvalue weighted by Crippen LogP contribution is 2.34. The first-order valence-electron chi connectivity index (χ1n) is 13.3. The molecular formula is C26H37NO17. The van der Waals surface area contributed by atoms with Crippen molar-refractivity contribution in [1.82, 2.24) is 0 Å². The van der Waals surface area contributed by atoms with Gasteiger partial charge in [-0.25, -0.2) is 0 Å². The van der Waals surface area contributed by atoms with Crippen molar-refractivity contribution in [3.63, 3.8) is 0 Å². The summed E-state index contributed by atoms with van der Waals surface area (Å²) in [6.07, 6.45) is -15.1. The zero-order valence-electron chi connectivity index (χ0n) is 25.2. The molecule has 2 aliphatic rings. The summed E-state index contributed by atoms with van der Waals surface area (Å²) in [5.74, 6) is -5.79. The maximum absolute atomic E-state index is 12.2. The maximum Gasteiger partial charge on any atom is 0.303 e. The van der Waals surface area contributed by atoms with Crippen molar-refractivity contribution >= 4 is 41.8 Å². The summed E-state index contributed by atoms with van der Waals surface area (Å²) in [6.45, 7) is 6.39. The van der Waals surface area contributed by atoms with E-state index in [1.54, 1.807) is 0 Å². The Kier molecular flexibility index (Phi) is 13.4. The van der Waals surface area contributed by atoms with Crippen LogP contribution in [0.2, 0.25) is 0 Å². The van der Waals surface area contributed by atoms with E-state index in [1.165, 1.54) is 0 Å². The van der Waals surface area contributed by atoms with Crippen LogP contribution >= 0.6 is 0 Å². The molecule has 2 N–H and O–H groups in total. The van der Waals surface area contributed by atoms with Crippen LogP contribution in [0.5, 0.6) is 0 Å². The van der Waals surface area contributed by atoms with Crippen LogP contribution in [-0.4, -0.2) is 116 Å². The largest absolute Gasteiger partial charge is 0.463 e. The molecular weight excluding hydrogens is 598 g/mol. The standard InChI is InChI=1S/C26H37NO17/c1-10(28)35-8-17-20(21(38-13(4)31)23(25(27)42-17)40-15(6)33)44-26-24(41-16(7)34)22(39-14(5)32)19(37-12(3)30)18(43-26)9-36-11(2)29/h17-26H,8-9,27H2,1-7H3/t17-,18-,19+,20-,21+,22+,23-,24-,25-,26+/m1/s1. The van der Waals surface area contributed by atoms with Crippen molar-refractivity contribution in [2.24, 2.45) is 5.73 Å². The molecule has 2 aliphatic heterocycles. The van der Waals surface area contributed by atoms with E-state index in [4.69, 9.17) is 53.1 Å². The highest BCUT2D eigenvalue weighted by atomic mass is 16.8. The molecule has 18 heteroatoms. The van der Waals surface area contributed by atoms with Crippen LogP contribution in [0.3, 0.4) is 0 Å². The predicted octanol–water partition coefficient (Wildman–Crippen LogP) is -1.44. The van der Waals surface area contributed by atoms with Crippen molar-refractivity contribution in [3.05, 3.63) is 0 Å². The normalized spacial score (nSPS) is 31.5. The van der Waals surface area contributed by atoms with E-state index >= 15 is 0 Å². The Balaban J connectivity index is 2.66. The molecule has 0 unspecified atom stereocenters. The van der Waals surface area contributed by atoms with Crippen LogP contribution in [0.25, 0.3) is 0 Å². The second-order valence-electron chi connectivity index (χ2n) is 9.76. The summed E-state index contributed by atoms with van der Waals surface area (Å²) < 4.78 is 54.8. The van der Waals surface area contributed by atoms with Crippen molar-refractivity contribution in [2.45, 2.75) is 110 Å². The van der Waals surface area contributed by atoms with Crippen molar-refractivity contribution < 1.29 is 80.9 Å². The molecule has 0 bridgehead atoms. The lowest BCUT2D eigenvalue weighted by Gasteiger charge is -2.48. The molecule has 2 rings (SSSR count). The number of esters is 7. The molecule has 0 aromatic carbocycles. The minimum Gasteiger partial charge on any atom is -0.463 e. The average Bonchev–Trinajstić information content (AvgIpc) is 2.87. The average molecular weight is 636 g/mol. The van der Waals surface area contributed by atoms with Gasteiger partial charge in [-0.05, 0) is 0 Å². The Hall–Kier alpha value is -3.87. The molecule has 0 aromatic rings. The van der Waals surface area contributed by atoms with Gasteiger partial charge in [0.15, 0.2) is 36.8 Å². The fourth-order valence-electron chi connectivity index (χ4n) is 4.55. The Labute approximate surface area is 251 Å². The van der Waals surface area contributed by atoms with Crippen LogP contribution in [0.1, 0.15) is 48.5 Å². The monoisotopic (exact) mass is 635 g/mol. The first-order valence-corrected chi connectivity index (χ1v) is 13.3. The van der Waals surface area contributed by atoms with Gasteiger partial charge in [0.2, 0.25) is 0 Å². The van der Waals surface area contributed by atoms with Gasteiger partial charge in [-0.3, -0.25) is 33.6 Å². The predicted molar refractivity (Wildman–Crippen MR) is 137 cm³/mol. The summed E-state index contributed by atoms with van der Waals surface area (Å²) in [5, 5.41) is 0. The van der Waals surface area contributed by atoms with Crippen molar-refractivity contribution in [1.29, 1.82) is 0 Å². The van der Waals surface area contributed by atoms with Gasteiger partial charge in [-0.1, -0.05) is 0 Å². The quantitative estimate of drug-likeness (QED) is 0.202. The second-order valence-corrected chi connectivity index (χ2v) is 9.76. The molecule has 0 aliphatic carbocycles. The molecule has 44 heavy (non-hydrogen) atoms. The van der Waals surface area contributed by atoms with Crippen LogP contribution < -0.4 is 5.73 Å². The van der Waals surface area contributed by atoms with Crippen molar-refractivity contribution in [3.8, 4) is 0 Å². The SMILES string of the molecule is CC(=O)OC[C@H]1O[C@@H](O[C@H]2[C@H](OC(C)=O)[C@@H](OC(C)=O)[C@H](N)O[C@@H]2COC(C)=O)[C@H](OC(C)=O)[C@@H](OC(C)=O)[C@H]1OC(C)=O. The van der Waals surface area contributed by atoms with Crippen LogP contribution in [0.4, 0.5) is 0 Å². The minimum absolute atomic E-state index is 0.510. The lowest BCUT2D eigenvalue weighted by molar-refractivity contribution is -0.344. The number of ether oxygens (including phenoxy) is 10. The molecule has 10 atom stereocenters. The van der Waals surface area contributed by atoms with Gasteiger partial charge in [-0.2, -0.15) is 0 Å². The number of nitrogens with two attached hydrogens (primary N) is 1. The van der Waals surface area contributed by atoms with Crippen molar-refractivity contribution in [2.75, 3.05) is 13.2 Å². The highest BCUT2D eigenvalue weighted by Gasteiger charge is 2.57. The van der Waals surface area contributed by atoms with E-state index in [0.29, 0.717) is 0 Å². The second kappa shape index (κ2) is 16.3. The number of rotatable bonds is 11. The molecule has 2 heterocycles. The molecule has 0 saturated carbocycles.